The lowest BCUT2D eigenvalue weighted by atomic mass is 9.33. The fraction of sp³-hybridized carbons (Fsp3) is 0.342. The second kappa shape index (κ2) is 16.8. The Balaban J connectivity index is 1.19. The fourth-order valence-corrected chi connectivity index (χ4v) is 15.3. The Morgan fingerprint density at radius 2 is 0.961 bits per heavy atom. The van der Waals surface area contributed by atoms with Crippen molar-refractivity contribution in [1.82, 2.24) is 0 Å². The predicted octanol–water partition coefficient (Wildman–Crippen LogP) is 19.1. The maximum Gasteiger partial charge on any atom is 0.252 e. The van der Waals surface area contributed by atoms with Gasteiger partial charge in [0.25, 0.3) is 6.71 Å². The van der Waals surface area contributed by atoms with Gasteiger partial charge in [-0.2, -0.15) is 0 Å². The van der Waals surface area contributed by atoms with E-state index in [1.165, 1.54) is 138 Å². The number of fused-ring (bicyclic) bond motifs is 9. The number of hydrogen-bond donors (Lipinski definition) is 0. The summed E-state index contributed by atoms with van der Waals surface area (Å²) < 4.78 is 2.67. The first kappa shape index (κ1) is 50.2. The van der Waals surface area contributed by atoms with Crippen molar-refractivity contribution in [2.45, 2.75) is 162 Å². The SMILES string of the molecule is Cc1cc2c(cc1N1c3cc(-c4cccc5sc6ccccc6c45)ccc3B3c4cc5c(cc4N(c4ccc(C(C)(C)C)cc4-c4ccccc4)c4cc(C(C)(C)C)cc1c43)C(C)(C)CCC5(C)C)C(C)(C)CCC2(C)C. The average molecular weight is 1030 g/mol. The Labute approximate surface area is 464 Å². The third-order valence-electron chi connectivity index (χ3n) is 19.2. The van der Waals surface area contributed by atoms with Gasteiger partial charge in [-0.15, -0.1) is 11.3 Å². The summed E-state index contributed by atoms with van der Waals surface area (Å²) in [5.41, 5.74) is 26.8. The molecule has 4 aliphatic rings. The van der Waals surface area contributed by atoms with Crippen LogP contribution in [0.2, 0.25) is 0 Å². The summed E-state index contributed by atoms with van der Waals surface area (Å²) >= 11 is 1.91. The van der Waals surface area contributed by atoms with E-state index in [-0.39, 0.29) is 39.2 Å². The quantitative estimate of drug-likeness (QED) is 0.162. The molecule has 8 aromatic carbocycles. The molecule has 0 radical (unpaired) electrons. The van der Waals surface area contributed by atoms with Crippen molar-refractivity contribution in [1.29, 1.82) is 0 Å². The van der Waals surface area contributed by atoms with Crippen molar-refractivity contribution in [2.24, 2.45) is 0 Å². The molecule has 0 N–H and O–H groups in total. The first-order valence-electron chi connectivity index (χ1n) is 28.7. The van der Waals surface area contributed by atoms with Crippen molar-refractivity contribution in [3.63, 3.8) is 0 Å². The van der Waals surface area contributed by atoms with Crippen molar-refractivity contribution in [3.05, 3.63) is 185 Å². The van der Waals surface area contributed by atoms with Crippen LogP contribution in [0.25, 0.3) is 42.4 Å². The Morgan fingerprint density at radius 3 is 1.60 bits per heavy atom. The monoisotopic (exact) mass is 1020 g/mol. The summed E-state index contributed by atoms with van der Waals surface area (Å²) in [4.78, 5) is 5.48. The van der Waals surface area contributed by atoms with Crippen LogP contribution in [-0.4, -0.2) is 6.71 Å². The normalized spacial score (nSPS) is 17.7. The molecule has 0 unspecified atom stereocenters. The van der Waals surface area contributed by atoms with Crippen LogP contribution in [0.15, 0.2) is 146 Å². The van der Waals surface area contributed by atoms with Crippen LogP contribution >= 0.6 is 11.3 Å². The van der Waals surface area contributed by atoms with Crippen LogP contribution in [0.1, 0.15) is 162 Å². The van der Waals surface area contributed by atoms with Gasteiger partial charge >= 0.3 is 0 Å². The molecule has 2 aliphatic heterocycles. The minimum atomic E-state index is -0.159. The highest BCUT2D eigenvalue weighted by atomic mass is 32.1. The average Bonchev–Trinajstić information content (AvgIpc) is 3.98. The van der Waals surface area contributed by atoms with Crippen LogP contribution in [0.5, 0.6) is 0 Å². The Morgan fingerprint density at radius 1 is 0.416 bits per heavy atom. The van der Waals surface area contributed by atoms with Crippen molar-refractivity contribution >= 4 is 88.7 Å². The molecule has 388 valence electrons. The van der Waals surface area contributed by atoms with Gasteiger partial charge in [0.2, 0.25) is 0 Å². The zero-order chi connectivity index (χ0) is 54.1. The first-order chi connectivity index (χ1) is 36.3. The van der Waals surface area contributed by atoms with E-state index in [0.29, 0.717) is 0 Å². The summed E-state index contributed by atoms with van der Waals surface area (Å²) in [5, 5.41) is 2.68. The summed E-state index contributed by atoms with van der Waals surface area (Å²) in [6.07, 6.45) is 4.65. The number of anilines is 6. The smallest absolute Gasteiger partial charge is 0.252 e. The van der Waals surface area contributed by atoms with E-state index in [1.54, 1.807) is 0 Å². The molecule has 9 aromatic rings. The summed E-state index contributed by atoms with van der Waals surface area (Å²) in [5.74, 6) is 0. The molecule has 2 nitrogen and oxygen atoms in total. The number of aryl methyl sites for hydroxylation is 1. The van der Waals surface area contributed by atoms with Gasteiger partial charge in [0.05, 0.1) is 5.69 Å². The van der Waals surface area contributed by atoms with E-state index in [0.717, 1.165) is 19.3 Å². The standard InChI is InChI=1S/C73H77BN2S/c1-44-36-52-54(72(12,13)34-32-70(52,8)9)42-59(44)76-60-37-46(49-25-21-27-65-66(49)50-24-19-20-26-64(50)77-65)28-30-56(60)74-57-41-53-55(73(14,15)35-33-71(53,10)11)43-61(57)75(62-39-48(69(5,6)7)40-63(76)67(62)74)58-31-29-47(68(2,3)4)38-51(58)45-22-17-16-18-23-45/h16-31,36-43H,32-35H2,1-15H3. The topological polar surface area (TPSA) is 6.48 Å². The third kappa shape index (κ3) is 7.76. The highest BCUT2D eigenvalue weighted by Gasteiger charge is 2.48. The van der Waals surface area contributed by atoms with Crippen molar-refractivity contribution < 1.29 is 0 Å². The number of hydrogen-bond acceptors (Lipinski definition) is 3. The number of rotatable bonds is 4. The molecule has 0 fully saturated rings. The van der Waals surface area contributed by atoms with Gasteiger partial charge in [-0.3, -0.25) is 0 Å². The fourth-order valence-electron chi connectivity index (χ4n) is 14.2. The minimum Gasteiger partial charge on any atom is -0.311 e. The molecule has 2 aliphatic carbocycles. The van der Waals surface area contributed by atoms with Gasteiger partial charge in [0.1, 0.15) is 0 Å². The highest BCUT2D eigenvalue weighted by molar-refractivity contribution is 7.26. The van der Waals surface area contributed by atoms with E-state index in [1.807, 2.05) is 11.3 Å². The molecule has 0 bridgehead atoms. The van der Waals surface area contributed by atoms with Crippen LogP contribution < -0.4 is 26.2 Å². The highest BCUT2D eigenvalue weighted by Crippen LogP contribution is 2.55. The van der Waals surface area contributed by atoms with Gasteiger partial charge < -0.3 is 9.80 Å². The Hall–Kier alpha value is -6.36. The third-order valence-corrected chi connectivity index (χ3v) is 20.4. The lowest BCUT2D eigenvalue weighted by Gasteiger charge is -2.48. The van der Waals surface area contributed by atoms with Crippen LogP contribution in [-0.2, 0) is 32.5 Å². The molecule has 0 amide bonds. The summed E-state index contributed by atoms with van der Waals surface area (Å²) in [7, 11) is 0. The zero-order valence-corrected chi connectivity index (χ0v) is 49.4. The largest absolute Gasteiger partial charge is 0.311 e. The number of nitrogens with zero attached hydrogens (tertiary/aromatic N) is 2. The van der Waals surface area contributed by atoms with Crippen molar-refractivity contribution in [2.75, 3.05) is 9.80 Å². The van der Waals surface area contributed by atoms with Crippen LogP contribution in [0.4, 0.5) is 34.1 Å². The van der Waals surface area contributed by atoms with Gasteiger partial charge in [-0.25, -0.2) is 0 Å². The van der Waals surface area contributed by atoms with Crippen molar-refractivity contribution in [3.8, 4) is 22.3 Å². The number of benzene rings is 8. The van der Waals surface area contributed by atoms with Crippen LogP contribution in [0.3, 0.4) is 0 Å². The van der Waals surface area contributed by atoms with E-state index < -0.39 is 0 Å². The van der Waals surface area contributed by atoms with Gasteiger partial charge in [-0.05, 0) is 192 Å². The molecule has 13 rings (SSSR count). The second-order valence-electron chi connectivity index (χ2n) is 28.4. The summed E-state index contributed by atoms with van der Waals surface area (Å²) in [6.45, 7) is 36.5. The lowest BCUT2D eigenvalue weighted by Crippen LogP contribution is -2.62. The van der Waals surface area contributed by atoms with E-state index in [9.17, 15) is 0 Å². The molecule has 1 aromatic heterocycles. The van der Waals surface area contributed by atoms with Gasteiger partial charge in [0.15, 0.2) is 0 Å². The maximum atomic E-state index is 2.75. The van der Waals surface area contributed by atoms with E-state index in [4.69, 9.17) is 0 Å². The molecule has 0 atom stereocenters. The molecule has 0 saturated carbocycles. The van der Waals surface area contributed by atoms with E-state index in [2.05, 4.69) is 259 Å². The van der Waals surface area contributed by atoms with Gasteiger partial charge in [0, 0.05) is 54.2 Å². The molecular formula is C73H77BN2S. The van der Waals surface area contributed by atoms with Crippen LogP contribution in [0, 0.1) is 6.92 Å². The molecule has 0 spiro atoms. The lowest BCUT2D eigenvalue weighted by molar-refractivity contribution is 0.332. The Bertz CT molecular complexity index is 3920. The predicted molar refractivity (Wildman–Crippen MR) is 337 cm³/mol. The molecule has 4 heteroatoms. The molecule has 0 saturated heterocycles. The summed E-state index contributed by atoms with van der Waals surface area (Å²) in [6, 6.07) is 57.9. The minimum absolute atomic E-state index is 0.0118. The molecule has 77 heavy (non-hydrogen) atoms. The number of thiophene rings is 1. The van der Waals surface area contributed by atoms with Gasteiger partial charge in [-0.1, -0.05) is 188 Å². The zero-order valence-electron chi connectivity index (χ0n) is 48.6. The van der Waals surface area contributed by atoms with E-state index >= 15 is 0 Å². The second-order valence-corrected chi connectivity index (χ2v) is 29.4. The Kier molecular flexibility index (Phi) is 11.0. The molecule has 3 heterocycles. The first-order valence-corrected chi connectivity index (χ1v) is 29.5. The maximum absolute atomic E-state index is 2.75. The molecular weight excluding hydrogens is 948 g/mol.